The summed E-state index contributed by atoms with van der Waals surface area (Å²) in [5.74, 6) is -0.238. The van der Waals surface area contributed by atoms with E-state index >= 15 is 0 Å². The number of benzene rings is 1. The molecule has 7 nitrogen and oxygen atoms in total. The Kier molecular flexibility index (Phi) is 6.29. The number of nitrogens with zero attached hydrogens (tertiary/aromatic N) is 2. The molecule has 0 aliphatic carbocycles. The van der Waals surface area contributed by atoms with Gasteiger partial charge in [-0.1, -0.05) is 6.07 Å². The highest BCUT2D eigenvalue weighted by Crippen LogP contribution is 2.23. The summed E-state index contributed by atoms with van der Waals surface area (Å²) in [4.78, 5) is 14.8. The van der Waals surface area contributed by atoms with Crippen molar-refractivity contribution in [3.05, 3.63) is 29.8 Å². The Morgan fingerprint density at radius 3 is 2.73 bits per heavy atom. The van der Waals surface area contributed by atoms with Crippen molar-refractivity contribution in [2.75, 3.05) is 46.4 Å². The Morgan fingerprint density at radius 1 is 1.27 bits per heavy atom. The zero-order chi connectivity index (χ0) is 18.6. The van der Waals surface area contributed by atoms with Crippen molar-refractivity contribution in [2.24, 2.45) is 0 Å². The summed E-state index contributed by atoms with van der Waals surface area (Å²) in [6.07, 6.45) is 3.05. The Bertz CT molecular complexity index is 732. The van der Waals surface area contributed by atoms with Gasteiger partial charge in [0.2, 0.25) is 10.0 Å². The number of hydrogen-bond acceptors (Lipinski definition) is 5. The van der Waals surface area contributed by atoms with Crippen LogP contribution in [0.3, 0.4) is 0 Å². The molecule has 0 bridgehead atoms. The molecule has 1 unspecified atom stereocenters. The molecule has 1 aromatic carbocycles. The normalized spacial score (nSPS) is 22.0. The number of ether oxygens (including phenoxy) is 1. The number of nitrogens with one attached hydrogen (secondary N) is 1. The minimum absolute atomic E-state index is 0.0677. The maximum absolute atomic E-state index is 12.8. The number of amides is 1. The third-order valence-corrected chi connectivity index (χ3v) is 6.95. The Labute approximate surface area is 155 Å². The molecule has 0 aromatic heterocycles. The van der Waals surface area contributed by atoms with E-state index in [1.807, 2.05) is 0 Å². The van der Waals surface area contributed by atoms with Gasteiger partial charge in [-0.15, -0.1) is 0 Å². The van der Waals surface area contributed by atoms with Crippen LogP contribution in [-0.2, 0) is 14.8 Å². The van der Waals surface area contributed by atoms with Crippen molar-refractivity contribution in [3.63, 3.8) is 0 Å². The van der Waals surface area contributed by atoms with Crippen LogP contribution < -0.4 is 5.32 Å². The van der Waals surface area contributed by atoms with Gasteiger partial charge in [0.1, 0.15) is 0 Å². The van der Waals surface area contributed by atoms with Crippen LogP contribution in [0.25, 0.3) is 0 Å². The molecule has 1 N–H and O–H groups in total. The summed E-state index contributed by atoms with van der Waals surface area (Å²) < 4.78 is 32.3. The van der Waals surface area contributed by atoms with Gasteiger partial charge in [-0.05, 0) is 50.6 Å². The predicted octanol–water partition coefficient (Wildman–Crippen LogP) is 0.922. The number of rotatable bonds is 7. The van der Waals surface area contributed by atoms with Crippen LogP contribution in [0, 0.1) is 0 Å². The van der Waals surface area contributed by atoms with E-state index in [0.717, 1.165) is 19.6 Å². The monoisotopic (exact) mass is 381 g/mol. The number of hydrogen-bond donors (Lipinski definition) is 1. The highest BCUT2D eigenvalue weighted by atomic mass is 32.2. The van der Waals surface area contributed by atoms with E-state index in [4.69, 9.17) is 4.74 Å². The molecule has 0 radical (unpaired) electrons. The van der Waals surface area contributed by atoms with Crippen LogP contribution in [0.5, 0.6) is 0 Å². The van der Waals surface area contributed by atoms with Crippen molar-refractivity contribution < 1.29 is 17.9 Å². The fraction of sp³-hybridized carbons (Fsp3) is 0.611. The number of likely N-dealkylation sites (tertiary alicyclic amines) is 1. The Hall–Kier alpha value is -1.48. The van der Waals surface area contributed by atoms with E-state index in [-0.39, 0.29) is 16.9 Å². The lowest BCUT2D eigenvalue weighted by atomic mass is 10.2. The van der Waals surface area contributed by atoms with Gasteiger partial charge in [-0.3, -0.25) is 4.79 Å². The summed E-state index contributed by atoms with van der Waals surface area (Å²) in [5.41, 5.74) is 0.370. The molecule has 1 amide bonds. The third kappa shape index (κ3) is 4.43. The molecule has 2 saturated heterocycles. The SMILES string of the molecule is COC1CCN(S(=O)(=O)c2cccc(C(=O)NCCN3CCCC3)c2)C1. The number of carbonyl (C=O) groups is 1. The zero-order valence-corrected chi connectivity index (χ0v) is 16.0. The molecule has 2 heterocycles. The fourth-order valence-electron chi connectivity index (χ4n) is 3.49. The Balaban J connectivity index is 1.62. The van der Waals surface area contributed by atoms with Gasteiger partial charge in [0.15, 0.2) is 0 Å². The largest absolute Gasteiger partial charge is 0.380 e. The van der Waals surface area contributed by atoms with Crippen molar-refractivity contribution in [1.82, 2.24) is 14.5 Å². The Morgan fingerprint density at radius 2 is 2.04 bits per heavy atom. The summed E-state index contributed by atoms with van der Waals surface area (Å²) in [6.45, 7) is 4.36. The lowest BCUT2D eigenvalue weighted by Crippen LogP contribution is -2.33. The molecule has 2 aliphatic rings. The minimum Gasteiger partial charge on any atom is -0.380 e. The molecule has 2 fully saturated rings. The maximum Gasteiger partial charge on any atom is 0.251 e. The molecule has 0 saturated carbocycles. The summed E-state index contributed by atoms with van der Waals surface area (Å²) in [7, 11) is -2.02. The first-order valence-electron chi connectivity index (χ1n) is 9.14. The fourth-order valence-corrected chi connectivity index (χ4v) is 5.02. The molecule has 2 aliphatic heterocycles. The van der Waals surface area contributed by atoms with Crippen LogP contribution in [0.15, 0.2) is 29.2 Å². The van der Waals surface area contributed by atoms with Crippen LogP contribution in [-0.4, -0.2) is 76.0 Å². The number of sulfonamides is 1. The smallest absolute Gasteiger partial charge is 0.251 e. The maximum atomic E-state index is 12.8. The molecule has 144 valence electrons. The molecule has 1 aromatic rings. The predicted molar refractivity (Wildman–Crippen MR) is 98.6 cm³/mol. The van der Waals surface area contributed by atoms with Crippen molar-refractivity contribution >= 4 is 15.9 Å². The number of methoxy groups -OCH3 is 1. The van der Waals surface area contributed by atoms with E-state index < -0.39 is 10.0 Å². The van der Waals surface area contributed by atoms with Crippen LogP contribution in [0.1, 0.15) is 29.6 Å². The van der Waals surface area contributed by atoms with E-state index in [0.29, 0.717) is 31.6 Å². The average Bonchev–Trinajstić information content (AvgIpc) is 3.33. The van der Waals surface area contributed by atoms with Crippen molar-refractivity contribution in [3.8, 4) is 0 Å². The average molecular weight is 381 g/mol. The topological polar surface area (TPSA) is 78.9 Å². The molecule has 26 heavy (non-hydrogen) atoms. The molecule has 3 rings (SSSR count). The summed E-state index contributed by atoms with van der Waals surface area (Å²) in [6, 6.07) is 6.26. The second-order valence-electron chi connectivity index (χ2n) is 6.84. The number of carbonyl (C=O) groups excluding carboxylic acids is 1. The quantitative estimate of drug-likeness (QED) is 0.760. The van der Waals surface area contributed by atoms with Gasteiger partial charge in [-0.25, -0.2) is 8.42 Å². The van der Waals surface area contributed by atoms with Gasteiger partial charge < -0.3 is 15.0 Å². The second-order valence-corrected chi connectivity index (χ2v) is 8.78. The first kappa shape index (κ1) is 19.3. The standard InChI is InChI=1S/C18H27N3O4S/c1-25-16-7-11-21(14-16)26(23,24)17-6-4-5-15(13-17)18(22)19-8-12-20-9-2-3-10-20/h4-6,13,16H,2-3,7-12,14H2,1H3,(H,19,22). The van der Waals surface area contributed by atoms with Gasteiger partial charge in [0.25, 0.3) is 5.91 Å². The lowest BCUT2D eigenvalue weighted by Gasteiger charge is -2.17. The van der Waals surface area contributed by atoms with E-state index in [1.165, 1.54) is 29.3 Å². The van der Waals surface area contributed by atoms with Crippen molar-refractivity contribution in [2.45, 2.75) is 30.3 Å². The summed E-state index contributed by atoms with van der Waals surface area (Å²) in [5, 5.41) is 2.88. The third-order valence-electron chi connectivity index (χ3n) is 5.09. The van der Waals surface area contributed by atoms with Crippen LogP contribution in [0.2, 0.25) is 0 Å². The second kappa shape index (κ2) is 8.47. The zero-order valence-electron chi connectivity index (χ0n) is 15.2. The van der Waals surface area contributed by atoms with Gasteiger partial charge in [-0.2, -0.15) is 4.31 Å². The van der Waals surface area contributed by atoms with E-state index in [1.54, 1.807) is 19.2 Å². The molecular weight excluding hydrogens is 354 g/mol. The van der Waals surface area contributed by atoms with Crippen molar-refractivity contribution in [1.29, 1.82) is 0 Å². The molecule has 0 spiro atoms. The van der Waals surface area contributed by atoms with Crippen LogP contribution >= 0.6 is 0 Å². The van der Waals surface area contributed by atoms with E-state index in [9.17, 15) is 13.2 Å². The molecule has 8 heteroatoms. The van der Waals surface area contributed by atoms with E-state index in [2.05, 4.69) is 10.2 Å². The summed E-state index contributed by atoms with van der Waals surface area (Å²) >= 11 is 0. The molecule has 1 atom stereocenters. The van der Waals surface area contributed by atoms with Gasteiger partial charge in [0, 0.05) is 38.9 Å². The minimum atomic E-state index is -3.61. The van der Waals surface area contributed by atoms with Gasteiger partial charge in [0.05, 0.1) is 11.0 Å². The molecular formula is C18H27N3O4S. The first-order valence-corrected chi connectivity index (χ1v) is 10.6. The highest BCUT2D eigenvalue weighted by Gasteiger charge is 2.32. The lowest BCUT2D eigenvalue weighted by molar-refractivity contribution is 0.0949. The highest BCUT2D eigenvalue weighted by molar-refractivity contribution is 7.89. The first-order chi connectivity index (χ1) is 12.5. The van der Waals surface area contributed by atoms with Gasteiger partial charge >= 0.3 is 0 Å². The van der Waals surface area contributed by atoms with Crippen LogP contribution in [0.4, 0.5) is 0 Å².